The molecule has 1 unspecified atom stereocenters. The lowest BCUT2D eigenvalue weighted by Gasteiger charge is -2.36. The van der Waals surface area contributed by atoms with Crippen LogP contribution in [0, 0.1) is 5.92 Å². The lowest BCUT2D eigenvalue weighted by atomic mass is 9.89. The standard InChI is InChI=1S/C17H28N2O4/c20-15(12-18-17(23)13-6-2-1-3-7-13)19-11-5-4-8-14(19)9-10-16(21)22/h13-14H,1-12H2,(H,18,23)(H,21,22). The quantitative estimate of drug-likeness (QED) is 0.781. The number of amides is 2. The lowest BCUT2D eigenvalue weighted by molar-refractivity contribution is -0.140. The fourth-order valence-corrected chi connectivity index (χ4v) is 3.69. The number of aliphatic carboxylic acids is 1. The summed E-state index contributed by atoms with van der Waals surface area (Å²) in [6, 6.07) is -0.000988. The first-order valence-electron chi connectivity index (χ1n) is 8.87. The maximum Gasteiger partial charge on any atom is 0.303 e. The number of carboxylic acids is 1. The summed E-state index contributed by atoms with van der Waals surface area (Å²) in [5.41, 5.74) is 0. The summed E-state index contributed by atoms with van der Waals surface area (Å²) in [6.07, 6.45) is 8.65. The summed E-state index contributed by atoms with van der Waals surface area (Å²) in [5.74, 6) is -0.851. The van der Waals surface area contributed by atoms with Crippen LogP contribution in [-0.2, 0) is 14.4 Å². The van der Waals surface area contributed by atoms with Crippen molar-refractivity contribution >= 4 is 17.8 Å². The van der Waals surface area contributed by atoms with Crippen LogP contribution in [0.2, 0.25) is 0 Å². The molecule has 0 bridgehead atoms. The van der Waals surface area contributed by atoms with E-state index in [1.165, 1.54) is 6.42 Å². The van der Waals surface area contributed by atoms with Crippen molar-refractivity contribution in [1.82, 2.24) is 10.2 Å². The maximum absolute atomic E-state index is 12.4. The zero-order valence-corrected chi connectivity index (χ0v) is 13.8. The largest absolute Gasteiger partial charge is 0.481 e. The number of hydrogen-bond acceptors (Lipinski definition) is 3. The minimum atomic E-state index is -0.825. The van der Waals surface area contributed by atoms with E-state index in [1.807, 2.05) is 0 Å². The SMILES string of the molecule is O=C(O)CCC1CCCCN1C(=O)CNC(=O)C1CCCCC1. The molecule has 0 aromatic heterocycles. The molecule has 6 heteroatoms. The smallest absolute Gasteiger partial charge is 0.303 e. The van der Waals surface area contributed by atoms with Crippen molar-refractivity contribution in [1.29, 1.82) is 0 Å². The second-order valence-electron chi connectivity index (χ2n) is 6.72. The van der Waals surface area contributed by atoms with Gasteiger partial charge in [-0.3, -0.25) is 14.4 Å². The Bertz CT molecular complexity index is 432. The van der Waals surface area contributed by atoms with E-state index < -0.39 is 5.97 Å². The Kier molecular flexibility index (Phi) is 6.86. The van der Waals surface area contributed by atoms with Crippen molar-refractivity contribution in [2.24, 2.45) is 5.92 Å². The van der Waals surface area contributed by atoms with E-state index in [1.54, 1.807) is 4.90 Å². The van der Waals surface area contributed by atoms with Crippen LogP contribution >= 0.6 is 0 Å². The molecular weight excluding hydrogens is 296 g/mol. The normalized spacial score (nSPS) is 22.6. The molecule has 1 atom stereocenters. The van der Waals surface area contributed by atoms with Crippen LogP contribution in [0.3, 0.4) is 0 Å². The fraction of sp³-hybridized carbons (Fsp3) is 0.824. The number of hydrogen-bond donors (Lipinski definition) is 2. The molecule has 1 aliphatic heterocycles. The Hall–Kier alpha value is -1.59. The number of piperidine rings is 1. The summed E-state index contributed by atoms with van der Waals surface area (Å²) < 4.78 is 0. The van der Waals surface area contributed by atoms with Crippen LogP contribution in [0.5, 0.6) is 0 Å². The van der Waals surface area contributed by atoms with E-state index in [0.717, 1.165) is 44.9 Å². The lowest BCUT2D eigenvalue weighted by Crippen LogP contribution is -2.48. The third-order valence-electron chi connectivity index (χ3n) is 5.03. The number of rotatable bonds is 6. The zero-order chi connectivity index (χ0) is 16.7. The molecule has 130 valence electrons. The molecule has 1 saturated heterocycles. The van der Waals surface area contributed by atoms with Gasteiger partial charge in [0.1, 0.15) is 0 Å². The van der Waals surface area contributed by atoms with Crippen LogP contribution < -0.4 is 5.32 Å². The number of nitrogens with zero attached hydrogens (tertiary/aromatic N) is 1. The van der Waals surface area contributed by atoms with Crippen molar-refractivity contribution in [3.63, 3.8) is 0 Å². The Morgan fingerprint density at radius 3 is 2.39 bits per heavy atom. The summed E-state index contributed by atoms with van der Waals surface area (Å²) in [7, 11) is 0. The van der Waals surface area contributed by atoms with Crippen LogP contribution in [0.1, 0.15) is 64.2 Å². The highest BCUT2D eigenvalue weighted by Gasteiger charge is 2.28. The van der Waals surface area contributed by atoms with E-state index in [4.69, 9.17) is 5.11 Å². The van der Waals surface area contributed by atoms with E-state index >= 15 is 0 Å². The summed E-state index contributed by atoms with van der Waals surface area (Å²) in [6.45, 7) is 0.710. The van der Waals surface area contributed by atoms with Crippen molar-refractivity contribution in [3.8, 4) is 0 Å². The van der Waals surface area contributed by atoms with Gasteiger partial charge in [0.15, 0.2) is 0 Å². The van der Waals surface area contributed by atoms with Crippen molar-refractivity contribution in [2.75, 3.05) is 13.1 Å². The molecule has 0 aromatic carbocycles. The van der Waals surface area contributed by atoms with Crippen molar-refractivity contribution in [2.45, 2.75) is 70.3 Å². The number of carbonyl (C=O) groups excluding carboxylic acids is 2. The first kappa shape index (κ1) is 17.8. The van der Waals surface area contributed by atoms with Crippen LogP contribution in [0.4, 0.5) is 0 Å². The Morgan fingerprint density at radius 1 is 1.00 bits per heavy atom. The average molecular weight is 324 g/mol. The maximum atomic E-state index is 12.4. The predicted octanol–water partition coefficient (Wildman–Crippen LogP) is 1.93. The van der Waals surface area contributed by atoms with Gasteiger partial charge in [-0.1, -0.05) is 19.3 Å². The van der Waals surface area contributed by atoms with Gasteiger partial charge in [-0.15, -0.1) is 0 Å². The van der Waals surface area contributed by atoms with Gasteiger partial charge in [-0.2, -0.15) is 0 Å². The summed E-state index contributed by atoms with van der Waals surface area (Å²) in [5, 5.41) is 11.6. The molecule has 1 heterocycles. The van der Waals surface area contributed by atoms with Crippen molar-refractivity contribution in [3.05, 3.63) is 0 Å². The summed E-state index contributed by atoms with van der Waals surface area (Å²) >= 11 is 0. The van der Waals surface area contributed by atoms with E-state index in [2.05, 4.69) is 5.32 Å². The molecule has 2 amide bonds. The second kappa shape index (κ2) is 8.89. The molecule has 23 heavy (non-hydrogen) atoms. The molecule has 0 aromatic rings. The third kappa shape index (κ3) is 5.52. The highest BCUT2D eigenvalue weighted by Crippen LogP contribution is 2.24. The van der Waals surface area contributed by atoms with E-state index in [0.29, 0.717) is 13.0 Å². The molecule has 2 aliphatic rings. The predicted molar refractivity (Wildman–Crippen MR) is 85.8 cm³/mol. The van der Waals surface area contributed by atoms with Gasteiger partial charge in [0.2, 0.25) is 11.8 Å². The minimum Gasteiger partial charge on any atom is -0.481 e. The van der Waals surface area contributed by atoms with Gasteiger partial charge in [-0.25, -0.2) is 0 Å². The van der Waals surface area contributed by atoms with Crippen LogP contribution in [0.15, 0.2) is 0 Å². The Morgan fingerprint density at radius 2 is 1.70 bits per heavy atom. The highest BCUT2D eigenvalue weighted by molar-refractivity contribution is 5.86. The first-order valence-corrected chi connectivity index (χ1v) is 8.87. The van der Waals surface area contributed by atoms with Gasteiger partial charge >= 0.3 is 5.97 Å². The summed E-state index contributed by atoms with van der Waals surface area (Å²) in [4.78, 5) is 37.0. The fourth-order valence-electron chi connectivity index (χ4n) is 3.69. The molecular formula is C17H28N2O4. The van der Waals surface area contributed by atoms with Crippen molar-refractivity contribution < 1.29 is 19.5 Å². The number of carbonyl (C=O) groups is 3. The van der Waals surface area contributed by atoms with Gasteiger partial charge in [0, 0.05) is 24.9 Å². The molecule has 2 N–H and O–H groups in total. The molecule has 6 nitrogen and oxygen atoms in total. The second-order valence-corrected chi connectivity index (χ2v) is 6.72. The molecule has 1 saturated carbocycles. The number of carboxylic acid groups (broad SMARTS) is 1. The highest BCUT2D eigenvalue weighted by atomic mass is 16.4. The monoisotopic (exact) mass is 324 g/mol. The molecule has 1 aliphatic carbocycles. The van der Waals surface area contributed by atoms with Gasteiger partial charge in [0.05, 0.1) is 6.54 Å². The van der Waals surface area contributed by atoms with Gasteiger partial charge < -0.3 is 15.3 Å². The molecule has 2 rings (SSSR count). The van der Waals surface area contributed by atoms with Gasteiger partial charge in [0.25, 0.3) is 0 Å². The van der Waals surface area contributed by atoms with Crippen LogP contribution in [0.25, 0.3) is 0 Å². The molecule has 2 fully saturated rings. The Labute approximate surface area is 137 Å². The van der Waals surface area contributed by atoms with E-state index in [9.17, 15) is 14.4 Å². The minimum absolute atomic E-state index is 0.000988. The third-order valence-corrected chi connectivity index (χ3v) is 5.03. The Balaban J connectivity index is 1.79. The van der Waals surface area contributed by atoms with E-state index in [-0.39, 0.29) is 36.7 Å². The number of nitrogens with one attached hydrogen (secondary N) is 1. The van der Waals surface area contributed by atoms with Gasteiger partial charge in [-0.05, 0) is 38.5 Å². The first-order chi connectivity index (χ1) is 11.1. The topological polar surface area (TPSA) is 86.7 Å². The molecule has 0 spiro atoms. The average Bonchev–Trinajstić information content (AvgIpc) is 2.58. The molecule has 0 radical (unpaired) electrons. The van der Waals surface area contributed by atoms with Crippen LogP contribution in [-0.4, -0.2) is 46.9 Å². The zero-order valence-electron chi connectivity index (χ0n) is 13.8. The number of likely N-dealkylation sites (tertiary alicyclic amines) is 1.